The number of nitrogen functional groups attached to an aromatic ring is 1. The third-order valence-electron chi connectivity index (χ3n) is 3.95. The summed E-state index contributed by atoms with van der Waals surface area (Å²) in [6.45, 7) is 2.63. The van der Waals surface area contributed by atoms with Crippen molar-refractivity contribution in [2.45, 2.75) is 45.1 Å². The number of hydrogen-bond donors (Lipinski definition) is 2. The van der Waals surface area contributed by atoms with Crippen molar-refractivity contribution < 1.29 is 9.26 Å². The monoisotopic (exact) mass is 291 g/mol. The number of nitrogens with zero attached hydrogens (tertiary/aromatic N) is 3. The molecule has 1 fully saturated rings. The molecule has 1 saturated carbocycles. The van der Waals surface area contributed by atoms with Gasteiger partial charge in [-0.1, -0.05) is 24.4 Å². The van der Waals surface area contributed by atoms with E-state index in [0.29, 0.717) is 35.8 Å². The molecular formula is C14H21N5O2. The molecule has 1 aliphatic rings. The number of aromatic amines is 1. The van der Waals surface area contributed by atoms with Crippen molar-refractivity contribution in [2.75, 3.05) is 12.3 Å². The fourth-order valence-electron chi connectivity index (χ4n) is 2.94. The van der Waals surface area contributed by atoms with Crippen molar-refractivity contribution in [3.8, 4) is 11.6 Å². The standard InChI is InChI=1S/C14H21N5O2/c1-2-20-12(9-6-4-3-5-7-9)13-16-14(21-19-13)10-8-11(15)18-17-10/h8-9,12H,2-7H2,1H3,(H3,15,17,18). The normalized spacial score (nSPS) is 18.0. The maximum Gasteiger partial charge on any atom is 0.276 e. The molecule has 1 aliphatic carbocycles. The van der Waals surface area contributed by atoms with Crippen LogP contribution < -0.4 is 5.73 Å². The Morgan fingerprint density at radius 2 is 2.24 bits per heavy atom. The first-order valence-corrected chi connectivity index (χ1v) is 7.54. The summed E-state index contributed by atoms with van der Waals surface area (Å²) in [4.78, 5) is 4.46. The number of anilines is 1. The zero-order valence-corrected chi connectivity index (χ0v) is 12.2. The van der Waals surface area contributed by atoms with Crippen LogP contribution >= 0.6 is 0 Å². The van der Waals surface area contributed by atoms with Crippen molar-refractivity contribution in [1.82, 2.24) is 20.3 Å². The van der Waals surface area contributed by atoms with Gasteiger partial charge >= 0.3 is 0 Å². The Labute approximate surface area is 123 Å². The van der Waals surface area contributed by atoms with Crippen LogP contribution in [0.3, 0.4) is 0 Å². The van der Waals surface area contributed by atoms with E-state index in [1.54, 1.807) is 6.07 Å². The molecule has 2 aromatic rings. The maximum absolute atomic E-state index is 5.89. The highest BCUT2D eigenvalue weighted by Crippen LogP contribution is 2.36. The molecule has 7 nitrogen and oxygen atoms in total. The molecule has 114 valence electrons. The number of nitrogens with one attached hydrogen (secondary N) is 1. The number of H-pyrrole nitrogens is 1. The molecule has 0 radical (unpaired) electrons. The van der Waals surface area contributed by atoms with Crippen molar-refractivity contribution in [1.29, 1.82) is 0 Å². The van der Waals surface area contributed by atoms with Crippen LogP contribution in [0.4, 0.5) is 5.82 Å². The molecule has 1 atom stereocenters. The number of ether oxygens (including phenoxy) is 1. The average Bonchev–Trinajstić information content (AvgIpc) is 3.14. The van der Waals surface area contributed by atoms with E-state index in [1.165, 1.54) is 19.3 Å². The average molecular weight is 291 g/mol. The Hall–Kier alpha value is -1.89. The fraction of sp³-hybridized carbons (Fsp3) is 0.643. The van der Waals surface area contributed by atoms with Crippen molar-refractivity contribution in [3.63, 3.8) is 0 Å². The lowest BCUT2D eigenvalue weighted by molar-refractivity contribution is -0.00145. The van der Waals surface area contributed by atoms with Crippen molar-refractivity contribution >= 4 is 5.82 Å². The Morgan fingerprint density at radius 1 is 1.43 bits per heavy atom. The molecule has 3 N–H and O–H groups in total. The van der Waals surface area contributed by atoms with Gasteiger partial charge in [-0.25, -0.2) is 0 Å². The third-order valence-corrected chi connectivity index (χ3v) is 3.95. The van der Waals surface area contributed by atoms with Crippen LogP contribution in [0.25, 0.3) is 11.6 Å². The SMILES string of the molecule is CCOC(c1noc(-c2cc(N)n[nH]2)n1)C1CCCCC1. The predicted molar refractivity (Wildman–Crippen MR) is 77.2 cm³/mol. The molecule has 3 rings (SSSR count). The number of aromatic nitrogens is 4. The zero-order valence-electron chi connectivity index (χ0n) is 12.2. The Morgan fingerprint density at radius 3 is 2.90 bits per heavy atom. The molecule has 0 spiro atoms. The summed E-state index contributed by atoms with van der Waals surface area (Å²) in [5, 5.41) is 10.7. The molecule has 7 heteroatoms. The second kappa shape index (κ2) is 6.26. The highest BCUT2D eigenvalue weighted by molar-refractivity contribution is 5.51. The van der Waals surface area contributed by atoms with Gasteiger partial charge in [0.2, 0.25) is 5.82 Å². The number of hydrogen-bond acceptors (Lipinski definition) is 6. The molecule has 2 heterocycles. The Bertz CT molecular complexity index is 573. The molecule has 2 aromatic heterocycles. The van der Waals surface area contributed by atoms with Crippen LogP contribution in [0.5, 0.6) is 0 Å². The maximum atomic E-state index is 5.89. The highest BCUT2D eigenvalue weighted by Gasteiger charge is 2.29. The lowest BCUT2D eigenvalue weighted by Gasteiger charge is -2.27. The van der Waals surface area contributed by atoms with Gasteiger partial charge in [-0.05, 0) is 25.7 Å². The van der Waals surface area contributed by atoms with Gasteiger partial charge in [0.15, 0.2) is 0 Å². The Balaban J connectivity index is 1.81. The lowest BCUT2D eigenvalue weighted by atomic mass is 9.85. The van der Waals surface area contributed by atoms with Gasteiger partial charge in [0.05, 0.1) is 0 Å². The van der Waals surface area contributed by atoms with E-state index >= 15 is 0 Å². The quantitative estimate of drug-likeness (QED) is 0.878. The van der Waals surface area contributed by atoms with Crippen LogP contribution in [-0.2, 0) is 4.74 Å². The topological polar surface area (TPSA) is 103 Å². The van der Waals surface area contributed by atoms with Crippen LogP contribution in [0.1, 0.15) is 51.0 Å². The predicted octanol–water partition coefficient (Wildman–Crippen LogP) is 2.70. The van der Waals surface area contributed by atoms with Gasteiger partial charge in [-0.15, -0.1) is 0 Å². The summed E-state index contributed by atoms with van der Waals surface area (Å²) in [6.07, 6.45) is 6.02. The molecule has 1 unspecified atom stereocenters. The summed E-state index contributed by atoms with van der Waals surface area (Å²) >= 11 is 0. The van der Waals surface area contributed by atoms with Crippen molar-refractivity contribution in [3.05, 3.63) is 11.9 Å². The minimum Gasteiger partial charge on any atom is -0.382 e. The second-order valence-electron chi connectivity index (χ2n) is 5.44. The van der Waals surface area contributed by atoms with Gasteiger partial charge in [-0.3, -0.25) is 5.10 Å². The van der Waals surface area contributed by atoms with Crippen LogP contribution in [0.2, 0.25) is 0 Å². The van der Waals surface area contributed by atoms with Gasteiger partial charge in [0, 0.05) is 12.7 Å². The molecule has 0 saturated heterocycles. The molecule has 0 amide bonds. The minimum absolute atomic E-state index is 0.0898. The first-order chi connectivity index (χ1) is 10.3. The van der Waals surface area contributed by atoms with E-state index in [9.17, 15) is 0 Å². The number of nitrogens with two attached hydrogens (primary N) is 1. The van der Waals surface area contributed by atoms with Crippen LogP contribution in [-0.4, -0.2) is 26.9 Å². The highest BCUT2D eigenvalue weighted by atomic mass is 16.5. The van der Waals surface area contributed by atoms with E-state index in [1.807, 2.05) is 6.92 Å². The molecule has 0 bridgehead atoms. The Kier molecular flexibility index (Phi) is 4.19. The summed E-state index contributed by atoms with van der Waals surface area (Å²) in [5.74, 6) is 1.89. The smallest absolute Gasteiger partial charge is 0.276 e. The second-order valence-corrected chi connectivity index (χ2v) is 5.44. The van der Waals surface area contributed by atoms with Gasteiger partial charge in [-0.2, -0.15) is 10.1 Å². The zero-order chi connectivity index (χ0) is 14.7. The minimum atomic E-state index is -0.0898. The summed E-state index contributed by atoms with van der Waals surface area (Å²) in [6, 6.07) is 1.67. The largest absolute Gasteiger partial charge is 0.382 e. The lowest BCUT2D eigenvalue weighted by Crippen LogP contribution is -2.20. The van der Waals surface area contributed by atoms with Gasteiger partial charge in [0.1, 0.15) is 17.6 Å². The molecule has 0 aliphatic heterocycles. The molecule has 21 heavy (non-hydrogen) atoms. The summed E-state index contributed by atoms with van der Waals surface area (Å²) in [7, 11) is 0. The first kappa shape index (κ1) is 14.1. The number of rotatable bonds is 5. The molecule has 0 aromatic carbocycles. The van der Waals surface area contributed by atoms with E-state index in [2.05, 4.69) is 20.3 Å². The van der Waals surface area contributed by atoms with E-state index in [0.717, 1.165) is 12.8 Å². The van der Waals surface area contributed by atoms with E-state index in [4.69, 9.17) is 15.0 Å². The van der Waals surface area contributed by atoms with E-state index in [-0.39, 0.29) is 6.10 Å². The van der Waals surface area contributed by atoms with Gasteiger partial charge in [0.25, 0.3) is 5.89 Å². The first-order valence-electron chi connectivity index (χ1n) is 7.54. The van der Waals surface area contributed by atoms with E-state index < -0.39 is 0 Å². The third kappa shape index (κ3) is 3.07. The summed E-state index contributed by atoms with van der Waals surface area (Å²) < 4.78 is 11.2. The fourth-order valence-corrected chi connectivity index (χ4v) is 2.94. The van der Waals surface area contributed by atoms with Crippen LogP contribution in [0.15, 0.2) is 10.6 Å². The molecular weight excluding hydrogens is 270 g/mol. The summed E-state index contributed by atoms with van der Waals surface area (Å²) in [5.41, 5.74) is 6.22. The van der Waals surface area contributed by atoms with Crippen LogP contribution in [0, 0.1) is 5.92 Å². The van der Waals surface area contributed by atoms with Gasteiger partial charge < -0.3 is 15.0 Å². The van der Waals surface area contributed by atoms with Crippen molar-refractivity contribution in [2.24, 2.45) is 5.92 Å².